The van der Waals surface area contributed by atoms with Gasteiger partial charge in [-0.15, -0.1) is 0 Å². The molecule has 0 aromatic heterocycles. The van der Waals surface area contributed by atoms with Crippen LogP contribution in [-0.4, -0.2) is 50.0 Å². The largest absolute Gasteiger partial charge is 0.477 e. The molecule has 0 spiro atoms. The first-order chi connectivity index (χ1) is 14.5. The van der Waals surface area contributed by atoms with Crippen LogP contribution in [0.5, 0.6) is 5.75 Å². The molecule has 4 rings (SSSR count). The molecule has 0 radical (unpaired) electrons. The number of carbonyl (C=O) groups is 3. The first-order valence-electron chi connectivity index (χ1n) is 9.91. The molecule has 0 aliphatic carbocycles. The number of anilines is 3. The van der Waals surface area contributed by atoms with Crippen LogP contribution >= 0.6 is 0 Å². The van der Waals surface area contributed by atoms with Crippen molar-refractivity contribution in [1.29, 1.82) is 0 Å². The monoisotopic (exact) mass is 408 g/mol. The van der Waals surface area contributed by atoms with Gasteiger partial charge in [-0.2, -0.15) is 0 Å². The number of para-hydroxylation sites is 4. The Hall–Kier alpha value is -3.55. The molecule has 2 heterocycles. The van der Waals surface area contributed by atoms with Crippen molar-refractivity contribution in [2.45, 2.75) is 25.5 Å². The maximum atomic E-state index is 13.5. The summed E-state index contributed by atoms with van der Waals surface area (Å²) in [7, 11) is 1.56. The second-order valence-electron chi connectivity index (χ2n) is 7.45. The zero-order chi connectivity index (χ0) is 21.3. The van der Waals surface area contributed by atoms with Crippen LogP contribution in [0.1, 0.15) is 13.3 Å². The van der Waals surface area contributed by atoms with Crippen LogP contribution in [0.25, 0.3) is 0 Å². The minimum atomic E-state index is -0.713. The van der Waals surface area contributed by atoms with Gasteiger partial charge in [0.1, 0.15) is 5.75 Å². The van der Waals surface area contributed by atoms with Gasteiger partial charge in [-0.05, 0) is 31.2 Å². The summed E-state index contributed by atoms with van der Waals surface area (Å²) in [5.74, 6) is 0.0389. The second kappa shape index (κ2) is 8.06. The predicted octanol–water partition coefficient (Wildman–Crippen LogP) is 1.76. The molecule has 0 unspecified atom stereocenters. The van der Waals surface area contributed by atoms with E-state index in [1.807, 2.05) is 48.2 Å². The van der Waals surface area contributed by atoms with Crippen LogP contribution in [-0.2, 0) is 14.4 Å². The molecule has 0 saturated carbocycles. The average molecular weight is 408 g/mol. The van der Waals surface area contributed by atoms with E-state index in [9.17, 15) is 14.4 Å². The summed E-state index contributed by atoms with van der Waals surface area (Å²) in [6.07, 6.45) is -0.504. The van der Waals surface area contributed by atoms with Gasteiger partial charge in [0.25, 0.3) is 5.91 Å². The quantitative estimate of drug-likeness (QED) is 0.808. The van der Waals surface area contributed by atoms with Crippen molar-refractivity contribution >= 4 is 34.8 Å². The Morgan fingerprint density at radius 1 is 1.13 bits per heavy atom. The van der Waals surface area contributed by atoms with Crippen LogP contribution in [0.15, 0.2) is 48.5 Å². The summed E-state index contributed by atoms with van der Waals surface area (Å²) in [6, 6.07) is 14.3. The van der Waals surface area contributed by atoms with Crippen molar-refractivity contribution in [3.8, 4) is 5.75 Å². The third-order valence-corrected chi connectivity index (χ3v) is 5.35. The van der Waals surface area contributed by atoms with Gasteiger partial charge in [-0.1, -0.05) is 24.3 Å². The smallest absolute Gasteiger partial charge is 0.262 e. The summed E-state index contributed by atoms with van der Waals surface area (Å²) in [5.41, 5.74) is 2.05. The standard InChI is InChI=1S/C22H24N4O4/c1-14-11-20(27)24-15-7-3-4-8-16(15)26(14)21(28)13-25-12-19(22(29)23-2)30-18-10-6-5-9-17(18)25/h3-10,14,19H,11-13H2,1-2H3,(H,23,29)(H,24,27)/t14-,19-/m1/s1. The van der Waals surface area contributed by atoms with E-state index in [-0.39, 0.29) is 43.3 Å². The van der Waals surface area contributed by atoms with Gasteiger partial charge < -0.3 is 25.2 Å². The molecule has 8 nitrogen and oxygen atoms in total. The fourth-order valence-electron chi connectivity index (χ4n) is 3.96. The summed E-state index contributed by atoms with van der Waals surface area (Å²) in [5, 5.41) is 5.47. The summed E-state index contributed by atoms with van der Waals surface area (Å²) < 4.78 is 5.82. The van der Waals surface area contributed by atoms with Gasteiger partial charge in [0.15, 0.2) is 6.10 Å². The van der Waals surface area contributed by atoms with Crippen LogP contribution < -0.4 is 25.2 Å². The Morgan fingerprint density at radius 3 is 2.60 bits per heavy atom. The predicted molar refractivity (Wildman–Crippen MR) is 114 cm³/mol. The minimum Gasteiger partial charge on any atom is -0.477 e. The van der Waals surface area contributed by atoms with E-state index < -0.39 is 6.10 Å². The Kier molecular flexibility index (Phi) is 5.31. The van der Waals surface area contributed by atoms with E-state index >= 15 is 0 Å². The highest BCUT2D eigenvalue weighted by atomic mass is 16.5. The molecule has 2 aliphatic rings. The van der Waals surface area contributed by atoms with Crippen LogP contribution in [0.3, 0.4) is 0 Å². The molecule has 2 N–H and O–H groups in total. The SMILES string of the molecule is CNC(=O)[C@H]1CN(CC(=O)N2c3ccccc3NC(=O)C[C@H]2C)c2ccccc2O1. The number of nitrogens with zero attached hydrogens (tertiary/aromatic N) is 2. The van der Waals surface area contributed by atoms with Gasteiger partial charge in [0.2, 0.25) is 11.8 Å². The summed E-state index contributed by atoms with van der Waals surface area (Å²) in [6.45, 7) is 2.17. The maximum absolute atomic E-state index is 13.5. The van der Waals surface area contributed by atoms with Crippen molar-refractivity contribution in [2.24, 2.45) is 0 Å². The van der Waals surface area contributed by atoms with E-state index in [1.54, 1.807) is 24.1 Å². The van der Waals surface area contributed by atoms with Crippen LogP contribution in [0.4, 0.5) is 17.1 Å². The number of ether oxygens (including phenoxy) is 1. The van der Waals surface area contributed by atoms with Crippen molar-refractivity contribution in [3.05, 3.63) is 48.5 Å². The summed E-state index contributed by atoms with van der Waals surface area (Å²) >= 11 is 0. The lowest BCUT2D eigenvalue weighted by molar-refractivity contribution is -0.127. The topological polar surface area (TPSA) is 91.0 Å². The highest BCUT2D eigenvalue weighted by Gasteiger charge is 2.34. The minimum absolute atomic E-state index is 0.0563. The molecule has 156 valence electrons. The highest BCUT2D eigenvalue weighted by Crippen LogP contribution is 2.35. The molecule has 8 heteroatoms. The Morgan fingerprint density at radius 2 is 1.83 bits per heavy atom. The van der Waals surface area contributed by atoms with Crippen LogP contribution in [0, 0.1) is 0 Å². The number of benzene rings is 2. The molecular formula is C22H24N4O4. The molecular weight excluding hydrogens is 384 g/mol. The lowest BCUT2D eigenvalue weighted by Gasteiger charge is -2.37. The molecule has 3 amide bonds. The van der Waals surface area contributed by atoms with Gasteiger partial charge in [-0.3, -0.25) is 14.4 Å². The molecule has 2 aliphatic heterocycles. The van der Waals surface area contributed by atoms with Crippen molar-refractivity contribution < 1.29 is 19.1 Å². The Labute approximate surface area is 174 Å². The highest BCUT2D eigenvalue weighted by molar-refractivity contribution is 6.05. The van der Waals surface area contributed by atoms with Gasteiger partial charge in [-0.25, -0.2) is 0 Å². The fraction of sp³-hybridized carbons (Fsp3) is 0.318. The Bertz CT molecular complexity index is 993. The second-order valence-corrected chi connectivity index (χ2v) is 7.45. The molecule has 2 aromatic carbocycles. The number of carbonyl (C=O) groups excluding carboxylic acids is 3. The van der Waals surface area contributed by atoms with E-state index in [2.05, 4.69) is 10.6 Å². The number of rotatable bonds is 3. The fourth-order valence-corrected chi connectivity index (χ4v) is 3.96. The molecule has 0 fully saturated rings. The molecule has 2 atom stereocenters. The molecule has 30 heavy (non-hydrogen) atoms. The van der Waals surface area contributed by atoms with E-state index in [0.717, 1.165) is 5.69 Å². The van der Waals surface area contributed by atoms with E-state index in [0.29, 0.717) is 17.1 Å². The van der Waals surface area contributed by atoms with E-state index in [4.69, 9.17) is 4.74 Å². The number of likely N-dealkylation sites (N-methyl/N-ethyl adjacent to an activating group) is 1. The molecule has 2 aromatic rings. The number of hydrogen-bond acceptors (Lipinski definition) is 5. The number of fused-ring (bicyclic) bond motifs is 2. The van der Waals surface area contributed by atoms with Crippen molar-refractivity contribution in [3.63, 3.8) is 0 Å². The first kappa shape index (κ1) is 19.8. The number of hydrogen-bond donors (Lipinski definition) is 2. The number of amides is 3. The van der Waals surface area contributed by atoms with Gasteiger partial charge in [0.05, 0.1) is 30.2 Å². The lowest BCUT2D eigenvalue weighted by Crippen LogP contribution is -2.52. The van der Waals surface area contributed by atoms with Gasteiger partial charge in [0, 0.05) is 19.5 Å². The van der Waals surface area contributed by atoms with Crippen molar-refractivity contribution in [1.82, 2.24) is 5.32 Å². The Balaban J connectivity index is 1.64. The zero-order valence-electron chi connectivity index (χ0n) is 16.9. The average Bonchev–Trinajstić information content (AvgIpc) is 2.87. The molecule has 0 bridgehead atoms. The zero-order valence-corrected chi connectivity index (χ0v) is 16.9. The van der Waals surface area contributed by atoms with Gasteiger partial charge >= 0.3 is 0 Å². The normalized spacial score (nSPS) is 20.3. The maximum Gasteiger partial charge on any atom is 0.262 e. The summed E-state index contributed by atoms with van der Waals surface area (Å²) in [4.78, 5) is 41.4. The van der Waals surface area contributed by atoms with E-state index in [1.165, 1.54) is 0 Å². The third kappa shape index (κ3) is 3.68. The molecule has 0 saturated heterocycles. The first-order valence-corrected chi connectivity index (χ1v) is 9.91. The third-order valence-electron chi connectivity index (χ3n) is 5.35. The lowest BCUT2D eigenvalue weighted by atomic mass is 10.1. The van der Waals surface area contributed by atoms with Crippen molar-refractivity contribution in [2.75, 3.05) is 35.3 Å². The number of nitrogens with one attached hydrogen (secondary N) is 2. The van der Waals surface area contributed by atoms with Crippen LogP contribution in [0.2, 0.25) is 0 Å².